The highest BCUT2D eigenvalue weighted by Gasteiger charge is 2.24. The van der Waals surface area contributed by atoms with E-state index < -0.39 is 24.5 Å². The molecule has 1 aromatic carbocycles. The van der Waals surface area contributed by atoms with Crippen LogP contribution in [0.1, 0.15) is 44.6 Å². The molecule has 1 amide bonds. The average Bonchev–Trinajstić information content (AvgIpc) is 2.90. The van der Waals surface area contributed by atoms with Crippen molar-refractivity contribution in [1.82, 2.24) is 4.98 Å². The molecule has 0 radical (unpaired) electrons. The van der Waals surface area contributed by atoms with Gasteiger partial charge in [0.2, 0.25) is 0 Å². The molecule has 1 aromatic heterocycles. The van der Waals surface area contributed by atoms with Gasteiger partial charge in [-0.1, -0.05) is 0 Å². The topological polar surface area (TPSA) is 97.5 Å². The molecule has 0 fully saturated rings. The van der Waals surface area contributed by atoms with E-state index >= 15 is 0 Å². The Morgan fingerprint density at radius 2 is 1.64 bits per heavy atom. The molecular weight excluding hydrogens is 496 g/mol. The number of halogens is 2. The molecule has 0 unspecified atom stereocenters. The maximum atomic E-state index is 12.3. The summed E-state index contributed by atoms with van der Waals surface area (Å²) in [6.45, 7) is 6.66. The highest BCUT2D eigenvalue weighted by Crippen LogP contribution is 2.32. The number of aryl methyl sites for hydroxylation is 2. The third kappa shape index (κ3) is 5.02. The zero-order valence-electron chi connectivity index (χ0n) is 15.9. The smallest absolute Gasteiger partial charge is 0.355 e. The summed E-state index contributed by atoms with van der Waals surface area (Å²) in [6, 6.07) is 3.71. The molecule has 1 heterocycles. The number of amides is 1. The van der Waals surface area contributed by atoms with Gasteiger partial charge in [0.05, 0.1) is 17.9 Å². The largest absolute Gasteiger partial charge is 0.462 e. The van der Waals surface area contributed by atoms with Crippen LogP contribution < -0.4 is 5.32 Å². The minimum absolute atomic E-state index is 0.117. The first kappa shape index (κ1) is 22.2. The van der Waals surface area contributed by atoms with Crippen molar-refractivity contribution in [1.29, 1.82) is 0 Å². The molecule has 0 aliphatic carbocycles. The number of rotatable bonds is 6. The number of hydrogen-bond donors (Lipinski definition) is 2. The summed E-state index contributed by atoms with van der Waals surface area (Å²) in [5.74, 6) is -1.74. The summed E-state index contributed by atoms with van der Waals surface area (Å²) >= 11 is 6.78. The van der Waals surface area contributed by atoms with E-state index in [1.54, 1.807) is 20.8 Å². The lowest BCUT2D eigenvalue weighted by molar-refractivity contribution is -0.119. The molecule has 9 heteroatoms. The van der Waals surface area contributed by atoms with Gasteiger partial charge in [-0.15, -0.1) is 0 Å². The van der Waals surface area contributed by atoms with Crippen molar-refractivity contribution < 1.29 is 23.9 Å². The summed E-state index contributed by atoms with van der Waals surface area (Å²) < 4.78 is 11.5. The predicted octanol–water partition coefficient (Wildman–Crippen LogP) is 4.44. The monoisotopic (exact) mass is 514 g/mol. The molecule has 2 N–H and O–H groups in total. The van der Waals surface area contributed by atoms with Crippen LogP contribution in [-0.2, 0) is 14.3 Å². The van der Waals surface area contributed by atoms with Gasteiger partial charge in [0.25, 0.3) is 5.91 Å². The van der Waals surface area contributed by atoms with Crippen LogP contribution in [0.3, 0.4) is 0 Å². The van der Waals surface area contributed by atoms with Crippen LogP contribution in [0.2, 0.25) is 0 Å². The molecule has 28 heavy (non-hydrogen) atoms. The number of nitrogens with one attached hydrogen (secondary N) is 2. The van der Waals surface area contributed by atoms with Crippen molar-refractivity contribution in [2.45, 2.75) is 27.7 Å². The van der Waals surface area contributed by atoms with Crippen molar-refractivity contribution >= 4 is 55.4 Å². The van der Waals surface area contributed by atoms with E-state index in [2.05, 4.69) is 42.2 Å². The summed E-state index contributed by atoms with van der Waals surface area (Å²) in [4.78, 5) is 39.4. The Bertz CT molecular complexity index is 914. The average molecular weight is 516 g/mol. The first-order valence-electron chi connectivity index (χ1n) is 8.44. The van der Waals surface area contributed by atoms with Gasteiger partial charge < -0.3 is 19.8 Å². The van der Waals surface area contributed by atoms with Gasteiger partial charge in [0.15, 0.2) is 6.61 Å². The van der Waals surface area contributed by atoms with Crippen LogP contribution in [0.5, 0.6) is 0 Å². The number of esters is 2. The molecule has 2 rings (SSSR count). The standard InChI is InChI=1S/C19H20Br2N2O5/c1-5-27-18(25)15-10(3)16(22-11(15)4)19(26)28-8-14(24)23-17-12(20)6-9(2)7-13(17)21/h6-7,22H,5,8H2,1-4H3,(H,23,24). The lowest BCUT2D eigenvalue weighted by Crippen LogP contribution is -2.22. The maximum absolute atomic E-state index is 12.3. The molecule has 0 aliphatic heterocycles. The number of ether oxygens (including phenoxy) is 2. The summed E-state index contributed by atoms with van der Waals surface area (Å²) in [7, 11) is 0. The molecule has 0 aliphatic rings. The van der Waals surface area contributed by atoms with Crippen LogP contribution in [0.25, 0.3) is 0 Å². The van der Waals surface area contributed by atoms with Crippen LogP contribution in [0.4, 0.5) is 5.69 Å². The molecular formula is C19H20Br2N2O5. The number of carbonyl (C=O) groups is 3. The minimum Gasteiger partial charge on any atom is -0.462 e. The Morgan fingerprint density at radius 3 is 2.21 bits per heavy atom. The second-order valence-electron chi connectivity index (χ2n) is 6.07. The molecule has 0 atom stereocenters. The minimum atomic E-state index is -0.728. The van der Waals surface area contributed by atoms with E-state index in [0.29, 0.717) is 31.5 Å². The fourth-order valence-corrected chi connectivity index (χ4v) is 4.28. The maximum Gasteiger partial charge on any atom is 0.355 e. The number of hydrogen-bond acceptors (Lipinski definition) is 5. The van der Waals surface area contributed by atoms with E-state index in [9.17, 15) is 14.4 Å². The van der Waals surface area contributed by atoms with Crippen molar-refractivity contribution in [3.05, 3.63) is 49.2 Å². The zero-order chi connectivity index (χ0) is 21.0. The molecule has 0 saturated carbocycles. The zero-order valence-corrected chi connectivity index (χ0v) is 19.0. The van der Waals surface area contributed by atoms with Crippen LogP contribution in [-0.4, -0.2) is 36.0 Å². The lowest BCUT2D eigenvalue weighted by Gasteiger charge is -2.11. The molecule has 0 spiro atoms. The Hall–Kier alpha value is -2.13. The van der Waals surface area contributed by atoms with Crippen LogP contribution in [0.15, 0.2) is 21.1 Å². The van der Waals surface area contributed by atoms with Crippen LogP contribution in [0, 0.1) is 20.8 Å². The van der Waals surface area contributed by atoms with Gasteiger partial charge in [-0.25, -0.2) is 9.59 Å². The predicted molar refractivity (Wildman–Crippen MR) is 112 cm³/mol. The van der Waals surface area contributed by atoms with Crippen molar-refractivity contribution in [2.24, 2.45) is 0 Å². The summed E-state index contributed by atoms with van der Waals surface area (Å²) in [5.41, 5.74) is 2.89. The number of anilines is 1. The highest BCUT2D eigenvalue weighted by molar-refractivity contribution is 9.11. The quantitative estimate of drug-likeness (QED) is 0.554. The number of H-pyrrole nitrogens is 1. The van der Waals surface area contributed by atoms with E-state index in [4.69, 9.17) is 9.47 Å². The van der Waals surface area contributed by atoms with Gasteiger partial charge in [-0.05, 0) is 82.8 Å². The second-order valence-corrected chi connectivity index (χ2v) is 7.78. The SMILES string of the molecule is CCOC(=O)c1c(C)[nH]c(C(=O)OCC(=O)Nc2c(Br)cc(C)cc2Br)c1C. The number of aromatic amines is 1. The molecule has 150 valence electrons. The Morgan fingerprint density at radius 1 is 1.04 bits per heavy atom. The Kier molecular flexibility index (Phi) is 7.42. The fourth-order valence-electron chi connectivity index (χ4n) is 2.66. The third-order valence-electron chi connectivity index (χ3n) is 3.91. The Balaban J connectivity index is 2.06. The van der Waals surface area contributed by atoms with Crippen LogP contribution >= 0.6 is 31.9 Å². The van der Waals surface area contributed by atoms with E-state index in [1.807, 2.05) is 19.1 Å². The van der Waals surface area contributed by atoms with E-state index in [1.165, 1.54) is 0 Å². The fraction of sp³-hybridized carbons (Fsp3) is 0.316. The van der Waals surface area contributed by atoms with Crippen molar-refractivity contribution in [3.8, 4) is 0 Å². The lowest BCUT2D eigenvalue weighted by atomic mass is 10.1. The third-order valence-corrected chi connectivity index (χ3v) is 5.16. The number of carbonyl (C=O) groups excluding carboxylic acids is 3. The first-order valence-corrected chi connectivity index (χ1v) is 10.0. The van der Waals surface area contributed by atoms with Gasteiger partial charge in [0, 0.05) is 14.6 Å². The highest BCUT2D eigenvalue weighted by atomic mass is 79.9. The molecule has 2 aromatic rings. The molecule has 0 saturated heterocycles. The Labute approximate surface area is 179 Å². The van der Waals surface area contributed by atoms with Gasteiger partial charge in [0.1, 0.15) is 5.69 Å². The van der Waals surface area contributed by atoms with Gasteiger partial charge in [-0.2, -0.15) is 0 Å². The number of aromatic nitrogens is 1. The second kappa shape index (κ2) is 9.38. The van der Waals surface area contributed by atoms with Crippen molar-refractivity contribution in [2.75, 3.05) is 18.5 Å². The van der Waals surface area contributed by atoms with E-state index in [0.717, 1.165) is 5.56 Å². The summed E-state index contributed by atoms with van der Waals surface area (Å²) in [5, 5.41) is 2.68. The van der Waals surface area contributed by atoms with Crippen molar-refractivity contribution in [3.63, 3.8) is 0 Å². The number of benzene rings is 1. The van der Waals surface area contributed by atoms with Gasteiger partial charge >= 0.3 is 11.9 Å². The van der Waals surface area contributed by atoms with E-state index in [-0.39, 0.29) is 12.3 Å². The molecule has 7 nitrogen and oxygen atoms in total. The normalized spacial score (nSPS) is 10.5. The molecule has 0 bridgehead atoms. The summed E-state index contributed by atoms with van der Waals surface area (Å²) in [6.07, 6.45) is 0. The first-order chi connectivity index (χ1) is 13.1. The van der Waals surface area contributed by atoms with Gasteiger partial charge in [-0.3, -0.25) is 4.79 Å².